The van der Waals surface area contributed by atoms with E-state index < -0.39 is 0 Å². The molecule has 0 N–H and O–H groups in total. The lowest BCUT2D eigenvalue weighted by Crippen LogP contribution is -2.41. The summed E-state index contributed by atoms with van der Waals surface area (Å²) < 4.78 is 8.98. The molecule has 0 atom stereocenters. The Morgan fingerprint density at radius 3 is 2.24 bits per heavy atom. The van der Waals surface area contributed by atoms with Crippen LogP contribution in [0.5, 0.6) is 11.6 Å². The number of ether oxygens (including phenoxy) is 1. The lowest BCUT2D eigenvalue weighted by atomic mass is 10.1. The van der Waals surface area contributed by atoms with Gasteiger partial charge in [-0.2, -0.15) is 0 Å². The van der Waals surface area contributed by atoms with Gasteiger partial charge >= 0.3 is 5.69 Å². The SMILES string of the molecule is CCc1c(Oc2cc(C)cc(C)c2)n(C2CC=CC2)c(=O)n(C)c1=O. The van der Waals surface area contributed by atoms with Crippen molar-refractivity contribution in [2.24, 2.45) is 7.05 Å². The maximum absolute atomic E-state index is 12.8. The van der Waals surface area contributed by atoms with E-state index >= 15 is 0 Å². The maximum Gasteiger partial charge on any atom is 0.333 e. The Balaban J connectivity index is 2.22. The van der Waals surface area contributed by atoms with Crippen molar-refractivity contribution in [3.05, 3.63) is 67.9 Å². The van der Waals surface area contributed by atoms with Crippen molar-refractivity contribution in [1.29, 1.82) is 0 Å². The number of allylic oxidation sites excluding steroid dienone is 2. The first-order chi connectivity index (χ1) is 11.9. The highest BCUT2D eigenvalue weighted by atomic mass is 16.5. The Kier molecular flexibility index (Phi) is 4.66. The zero-order valence-electron chi connectivity index (χ0n) is 15.2. The molecule has 0 spiro atoms. The molecular formula is C20H24N2O3. The van der Waals surface area contributed by atoms with E-state index in [1.807, 2.05) is 32.9 Å². The zero-order valence-corrected chi connectivity index (χ0v) is 15.2. The van der Waals surface area contributed by atoms with Crippen molar-refractivity contribution in [2.45, 2.75) is 46.1 Å². The molecule has 0 aliphatic heterocycles. The summed E-state index contributed by atoms with van der Waals surface area (Å²) in [5.74, 6) is 1.04. The molecule has 1 heterocycles. The second-order valence-corrected chi connectivity index (χ2v) is 6.68. The normalized spacial score (nSPS) is 14.2. The third kappa shape index (κ3) is 3.18. The van der Waals surface area contributed by atoms with Gasteiger partial charge in [-0.15, -0.1) is 0 Å². The second-order valence-electron chi connectivity index (χ2n) is 6.68. The van der Waals surface area contributed by atoms with Crippen molar-refractivity contribution < 1.29 is 4.74 Å². The molecule has 0 amide bonds. The second kappa shape index (κ2) is 6.75. The van der Waals surface area contributed by atoms with Gasteiger partial charge in [0.25, 0.3) is 5.56 Å². The van der Waals surface area contributed by atoms with E-state index in [9.17, 15) is 9.59 Å². The topological polar surface area (TPSA) is 53.2 Å². The molecule has 132 valence electrons. The molecule has 1 aliphatic carbocycles. The Bertz CT molecular complexity index is 922. The highest BCUT2D eigenvalue weighted by Gasteiger charge is 2.24. The molecule has 0 fully saturated rings. The summed E-state index contributed by atoms with van der Waals surface area (Å²) >= 11 is 0. The first-order valence-corrected chi connectivity index (χ1v) is 8.68. The molecule has 0 saturated carbocycles. The van der Waals surface area contributed by atoms with Crippen LogP contribution < -0.4 is 16.0 Å². The van der Waals surface area contributed by atoms with Gasteiger partial charge in [0.05, 0.1) is 5.56 Å². The van der Waals surface area contributed by atoms with Gasteiger partial charge in [-0.1, -0.05) is 25.1 Å². The van der Waals surface area contributed by atoms with Gasteiger partial charge in [0.2, 0.25) is 5.88 Å². The molecule has 5 heteroatoms. The van der Waals surface area contributed by atoms with Crippen LogP contribution in [0.15, 0.2) is 39.9 Å². The fraction of sp³-hybridized carbons (Fsp3) is 0.400. The summed E-state index contributed by atoms with van der Waals surface area (Å²) in [4.78, 5) is 25.4. The highest BCUT2D eigenvalue weighted by molar-refractivity contribution is 5.37. The number of rotatable bonds is 4. The number of benzene rings is 1. The minimum atomic E-state index is -0.324. The van der Waals surface area contributed by atoms with Gasteiger partial charge in [-0.3, -0.25) is 13.9 Å². The number of aromatic nitrogens is 2. The van der Waals surface area contributed by atoms with Gasteiger partial charge in [0.15, 0.2) is 0 Å². The number of nitrogens with zero attached hydrogens (tertiary/aromatic N) is 2. The van der Waals surface area contributed by atoms with Crippen LogP contribution in [0.1, 0.15) is 42.5 Å². The molecule has 1 aliphatic rings. The predicted octanol–water partition coefficient (Wildman–Crippen LogP) is 3.41. The smallest absolute Gasteiger partial charge is 0.333 e. The molecule has 2 aromatic rings. The fourth-order valence-electron chi connectivity index (χ4n) is 3.43. The molecule has 1 aromatic carbocycles. The van der Waals surface area contributed by atoms with Crippen molar-refractivity contribution in [1.82, 2.24) is 9.13 Å². The molecule has 1 aromatic heterocycles. The highest BCUT2D eigenvalue weighted by Crippen LogP contribution is 2.31. The molecule has 0 unspecified atom stereocenters. The van der Waals surface area contributed by atoms with Gasteiger partial charge in [0, 0.05) is 13.1 Å². The molecule has 5 nitrogen and oxygen atoms in total. The van der Waals surface area contributed by atoms with Crippen molar-refractivity contribution in [2.75, 3.05) is 0 Å². The Morgan fingerprint density at radius 1 is 1.08 bits per heavy atom. The van der Waals surface area contributed by atoms with Crippen LogP contribution in [0.4, 0.5) is 0 Å². The largest absolute Gasteiger partial charge is 0.440 e. The average Bonchev–Trinajstić information content (AvgIpc) is 3.06. The third-order valence-electron chi connectivity index (χ3n) is 4.64. The molecule has 25 heavy (non-hydrogen) atoms. The Morgan fingerprint density at radius 2 is 1.68 bits per heavy atom. The van der Waals surface area contributed by atoms with Crippen LogP contribution in [0.25, 0.3) is 0 Å². The molecule has 0 radical (unpaired) electrons. The van der Waals surface area contributed by atoms with E-state index in [2.05, 4.69) is 18.2 Å². The van der Waals surface area contributed by atoms with E-state index in [0.29, 0.717) is 23.6 Å². The van der Waals surface area contributed by atoms with Crippen LogP contribution in [0, 0.1) is 13.8 Å². The lowest BCUT2D eigenvalue weighted by Gasteiger charge is -2.22. The first-order valence-electron chi connectivity index (χ1n) is 8.68. The Labute approximate surface area is 147 Å². The average molecular weight is 340 g/mol. The van der Waals surface area contributed by atoms with E-state index in [-0.39, 0.29) is 17.3 Å². The summed E-state index contributed by atoms with van der Waals surface area (Å²) in [5.41, 5.74) is 2.08. The van der Waals surface area contributed by atoms with Gasteiger partial charge < -0.3 is 4.74 Å². The molecule has 3 rings (SSSR count). The summed E-state index contributed by atoms with van der Waals surface area (Å²) in [7, 11) is 1.53. The van der Waals surface area contributed by atoms with Crippen LogP contribution in [-0.2, 0) is 13.5 Å². The minimum Gasteiger partial charge on any atom is -0.440 e. The number of hydrogen-bond acceptors (Lipinski definition) is 3. The quantitative estimate of drug-likeness (QED) is 0.802. The number of hydrogen-bond donors (Lipinski definition) is 0. The monoisotopic (exact) mass is 340 g/mol. The van der Waals surface area contributed by atoms with Gasteiger partial charge in [-0.25, -0.2) is 4.79 Å². The zero-order chi connectivity index (χ0) is 18.1. The first kappa shape index (κ1) is 17.3. The van der Waals surface area contributed by atoms with E-state index in [1.54, 1.807) is 4.57 Å². The Hall–Kier alpha value is -2.56. The summed E-state index contributed by atoms with van der Waals surface area (Å²) in [6, 6.07) is 5.90. The summed E-state index contributed by atoms with van der Waals surface area (Å²) in [6.45, 7) is 5.91. The molecule has 0 bridgehead atoms. The fourth-order valence-corrected chi connectivity index (χ4v) is 3.43. The van der Waals surface area contributed by atoms with Crippen LogP contribution in [0.2, 0.25) is 0 Å². The third-order valence-corrected chi connectivity index (χ3v) is 4.64. The standard InChI is InChI=1S/C20H24N2O3/c1-5-17-18(23)21(4)20(24)22(15-8-6-7-9-15)19(17)25-16-11-13(2)10-14(3)12-16/h6-7,10-12,15H,5,8-9H2,1-4H3. The molecule has 0 saturated heterocycles. The van der Waals surface area contributed by atoms with Crippen molar-refractivity contribution in [3.63, 3.8) is 0 Å². The number of aryl methyl sites for hydroxylation is 2. The van der Waals surface area contributed by atoms with E-state index in [4.69, 9.17) is 4.74 Å². The van der Waals surface area contributed by atoms with Crippen LogP contribution >= 0.6 is 0 Å². The van der Waals surface area contributed by atoms with E-state index in [0.717, 1.165) is 24.0 Å². The van der Waals surface area contributed by atoms with Crippen molar-refractivity contribution in [3.8, 4) is 11.6 Å². The van der Waals surface area contributed by atoms with Gasteiger partial charge in [0.1, 0.15) is 5.75 Å². The van der Waals surface area contributed by atoms with Crippen LogP contribution in [0.3, 0.4) is 0 Å². The summed E-state index contributed by atoms with van der Waals surface area (Å²) in [5, 5.41) is 0. The predicted molar refractivity (Wildman–Crippen MR) is 98.7 cm³/mol. The van der Waals surface area contributed by atoms with Crippen LogP contribution in [-0.4, -0.2) is 9.13 Å². The minimum absolute atomic E-state index is 0.00879. The van der Waals surface area contributed by atoms with Gasteiger partial charge in [-0.05, 0) is 56.4 Å². The lowest BCUT2D eigenvalue weighted by molar-refractivity contribution is 0.364. The van der Waals surface area contributed by atoms with E-state index in [1.165, 1.54) is 11.6 Å². The van der Waals surface area contributed by atoms with Crippen molar-refractivity contribution >= 4 is 0 Å². The summed E-state index contributed by atoms with van der Waals surface area (Å²) in [6.07, 6.45) is 6.17. The maximum atomic E-state index is 12.8. The molecular weight excluding hydrogens is 316 g/mol.